The number of piperidine rings is 1. The fraction of sp³-hybridized carbons (Fsp3) is 0.278. The first-order chi connectivity index (χ1) is 12.7. The van der Waals surface area contributed by atoms with Crippen molar-refractivity contribution < 1.29 is 14.8 Å². The molecule has 1 aromatic heterocycles. The molecule has 0 bridgehead atoms. The number of rotatable bonds is 5. The monoisotopic (exact) mass is 372 g/mol. The zero-order valence-electron chi connectivity index (χ0n) is 14.1. The third kappa shape index (κ3) is 4.75. The Morgan fingerprint density at radius 3 is 2.81 bits per heavy atom. The summed E-state index contributed by atoms with van der Waals surface area (Å²) in [6.45, 7) is 1.69. The van der Waals surface area contributed by atoms with E-state index in [0.717, 1.165) is 36.2 Å². The smallest absolute Gasteiger partial charge is 0.267 e. The van der Waals surface area contributed by atoms with E-state index in [1.165, 1.54) is 17.4 Å². The van der Waals surface area contributed by atoms with Gasteiger partial charge in [-0.15, -0.1) is 11.3 Å². The Hall–Kier alpha value is -2.55. The first kappa shape index (κ1) is 18.2. The van der Waals surface area contributed by atoms with Crippen LogP contribution < -0.4 is 16.1 Å². The summed E-state index contributed by atoms with van der Waals surface area (Å²) in [5.41, 5.74) is 4.08. The number of hydrogen-bond acceptors (Lipinski definition) is 6. The van der Waals surface area contributed by atoms with E-state index < -0.39 is 5.91 Å². The molecule has 4 N–H and O–H groups in total. The highest BCUT2D eigenvalue weighted by atomic mass is 32.1. The van der Waals surface area contributed by atoms with Crippen molar-refractivity contribution in [3.8, 4) is 11.3 Å². The second kappa shape index (κ2) is 8.70. The molecule has 2 amide bonds. The van der Waals surface area contributed by atoms with Gasteiger partial charge in [-0.05, 0) is 31.0 Å². The number of amides is 2. The molecular weight excluding hydrogens is 352 g/mol. The lowest BCUT2D eigenvalue weighted by Crippen LogP contribution is -2.37. The molecule has 2 aromatic rings. The molecular formula is C18H20N4O3S. The van der Waals surface area contributed by atoms with E-state index in [-0.39, 0.29) is 11.8 Å². The zero-order chi connectivity index (χ0) is 18.4. The molecule has 8 heteroatoms. The average Bonchev–Trinajstić information content (AvgIpc) is 3.15. The van der Waals surface area contributed by atoms with E-state index in [1.54, 1.807) is 11.6 Å². The number of nitrogens with zero attached hydrogens (tertiary/aromatic N) is 1. The van der Waals surface area contributed by atoms with Crippen LogP contribution >= 0.6 is 11.3 Å². The van der Waals surface area contributed by atoms with Crippen LogP contribution in [0.5, 0.6) is 0 Å². The molecule has 136 valence electrons. The fourth-order valence-electron chi connectivity index (χ4n) is 2.72. The van der Waals surface area contributed by atoms with Crippen molar-refractivity contribution in [1.29, 1.82) is 0 Å². The summed E-state index contributed by atoms with van der Waals surface area (Å²) in [4.78, 5) is 27.7. The summed E-state index contributed by atoms with van der Waals surface area (Å²) in [5, 5.41) is 17.1. The minimum atomic E-state index is -0.581. The predicted molar refractivity (Wildman–Crippen MR) is 101 cm³/mol. The van der Waals surface area contributed by atoms with Gasteiger partial charge in [-0.1, -0.05) is 24.3 Å². The number of carbonyl (C=O) groups is 2. The average molecular weight is 372 g/mol. The number of carbonyl (C=O) groups excluding carboxylic acids is 2. The number of aromatic nitrogens is 1. The normalized spacial score (nSPS) is 17.2. The molecule has 1 atom stereocenters. The highest BCUT2D eigenvalue weighted by molar-refractivity contribution is 7.14. The second-order valence-corrected chi connectivity index (χ2v) is 6.86. The van der Waals surface area contributed by atoms with E-state index >= 15 is 0 Å². The first-order valence-corrected chi connectivity index (χ1v) is 9.23. The molecule has 1 saturated heterocycles. The largest absolute Gasteiger partial charge is 0.316 e. The number of nitrogens with one attached hydrogen (secondary N) is 3. The molecule has 0 aliphatic carbocycles. The SMILES string of the molecule is O=C(C=Cc1ccc(-c2csc(NC(=O)C3CCCNC3)n2)cc1)NO. The van der Waals surface area contributed by atoms with Gasteiger partial charge in [-0.25, -0.2) is 10.5 Å². The van der Waals surface area contributed by atoms with Crippen LogP contribution in [0.15, 0.2) is 35.7 Å². The van der Waals surface area contributed by atoms with Gasteiger partial charge in [0, 0.05) is 23.6 Å². The van der Waals surface area contributed by atoms with Crippen LogP contribution in [-0.4, -0.2) is 35.1 Å². The van der Waals surface area contributed by atoms with Crippen molar-refractivity contribution >= 4 is 34.4 Å². The number of anilines is 1. The lowest BCUT2D eigenvalue weighted by Gasteiger charge is -2.21. The van der Waals surface area contributed by atoms with Gasteiger partial charge in [-0.3, -0.25) is 14.8 Å². The van der Waals surface area contributed by atoms with Gasteiger partial charge in [0.25, 0.3) is 5.91 Å². The van der Waals surface area contributed by atoms with Crippen molar-refractivity contribution in [2.24, 2.45) is 5.92 Å². The fourth-order valence-corrected chi connectivity index (χ4v) is 3.44. The minimum Gasteiger partial charge on any atom is -0.316 e. The maximum Gasteiger partial charge on any atom is 0.267 e. The van der Waals surface area contributed by atoms with Gasteiger partial charge >= 0.3 is 0 Å². The third-order valence-electron chi connectivity index (χ3n) is 4.15. The van der Waals surface area contributed by atoms with E-state index in [9.17, 15) is 9.59 Å². The molecule has 1 unspecified atom stereocenters. The zero-order valence-corrected chi connectivity index (χ0v) is 14.9. The number of thiazole rings is 1. The molecule has 1 aliphatic rings. The van der Waals surface area contributed by atoms with E-state index in [2.05, 4.69) is 15.6 Å². The molecule has 3 rings (SSSR count). The maximum absolute atomic E-state index is 12.3. The van der Waals surface area contributed by atoms with Gasteiger partial charge in [0.15, 0.2) is 5.13 Å². The first-order valence-electron chi connectivity index (χ1n) is 8.35. The molecule has 1 fully saturated rings. The molecule has 0 saturated carbocycles. The van der Waals surface area contributed by atoms with Crippen molar-refractivity contribution in [2.45, 2.75) is 12.8 Å². The molecule has 1 aliphatic heterocycles. The maximum atomic E-state index is 12.3. The summed E-state index contributed by atoms with van der Waals surface area (Å²) in [6.07, 6.45) is 4.76. The number of hydroxylamine groups is 1. The van der Waals surface area contributed by atoms with E-state index in [0.29, 0.717) is 11.7 Å². The Balaban J connectivity index is 1.62. The third-order valence-corrected chi connectivity index (χ3v) is 4.90. The Kier molecular flexibility index (Phi) is 6.11. The topological polar surface area (TPSA) is 103 Å². The van der Waals surface area contributed by atoms with Crippen LogP contribution in [0.2, 0.25) is 0 Å². The Morgan fingerprint density at radius 2 is 2.12 bits per heavy atom. The van der Waals surface area contributed by atoms with Crippen molar-refractivity contribution in [3.05, 3.63) is 41.3 Å². The van der Waals surface area contributed by atoms with Crippen LogP contribution in [0.4, 0.5) is 5.13 Å². The van der Waals surface area contributed by atoms with Crippen molar-refractivity contribution in [1.82, 2.24) is 15.8 Å². The summed E-state index contributed by atoms with van der Waals surface area (Å²) in [7, 11) is 0. The summed E-state index contributed by atoms with van der Waals surface area (Å²) < 4.78 is 0. The Morgan fingerprint density at radius 1 is 1.31 bits per heavy atom. The van der Waals surface area contributed by atoms with Crippen LogP contribution in [0.25, 0.3) is 17.3 Å². The van der Waals surface area contributed by atoms with Gasteiger partial charge in [0.05, 0.1) is 11.6 Å². The lowest BCUT2D eigenvalue weighted by atomic mass is 9.99. The standard InChI is InChI=1S/C18H20N4O3S/c23-16(22-25)8-5-12-3-6-13(7-4-12)15-11-26-18(20-15)21-17(24)14-2-1-9-19-10-14/h3-8,11,14,19,25H,1-2,9-10H2,(H,22,23)(H,20,21,24). The van der Waals surface area contributed by atoms with E-state index in [4.69, 9.17) is 5.21 Å². The lowest BCUT2D eigenvalue weighted by molar-refractivity contribution is -0.124. The van der Waals surface area contributed by atoms with Crippen LogP contribution in [0.3, 0.4) is 0 Å². The number of hydrogen-bond donors (Lipinski definition) is 4. The molecule has 7 nitrogen and oxygen atoms in total. The van der Waals surface area contributed by atoms with Gasteiger partial charge in [0.2, 0.25) is 5.91 Å². The van der Waals surface area contributed by atoms with Gasteiger partial charge in [0.1, 0.15) is 0 Å². The summed E-state index contributed by atoms with van der Waals surface area (Å²) in [6, 6.07) is 7.48. The Labute approximate surface area is 155 Å². The second-order valence-electron chi connectivity index (χ2n) is 6.00. The van der Waals surface area contributed by atoms with Gasteiger partial charge < -0.3 is 10.6 Å². The predicted octanol–water partition coefficient (Wildman–Crippen LogP) is 2.27. The molecule has 1 aromatic carbocycles. The van der Waals surface area contributed by atoms with Crippen LogP contribution in [0, 0.1) is 5.92 Å². The van der Waals surface area contributed by atoms with Crippen molar-refractivity contribution in [2.75, 3.05) is 18.4 Å². The van der Waals surface area contributed by atoms with Crippen LogP contribution in [-0.2, 0) is 9.59 Å². The highest BCUT2D eigenvalue weighted by Crippen LogP contribution is 2.26. The van der Waals surface area contributed by atoms with Gasteiger partial charge in [-0.2, -0.15) is 0 Å². The molecule has 0 radical (unpaired) electrons. The summed E-state index contributed by atoms with van der Waals surface area (Å²) >= 11 is 1.40. The molecule has 2 heterocycles. The number of benzene rings is 1. The highest BCUT2D eigenvalue weighted by Gasteiger charge is 2.21. The molecule has 0 spiro atoms. The quantitative estimate of drug-likeness (QED) is 0.366. The van der Waals surface area contributed by atoms with Crippen molar-refractivity contribution in [3.63, 3.8) is 0 Å². The molecule has 26 heavy (non-hydrogen) atoms. The summed E-state index contributed by atoms with van der Waals surface area (Å²) in [5.74, 6) is -0.568. The minimum absolute atomic E-state index is 0.00158. The Bertz CT molecular complexity index is 795. The van der Waals surface area contributed by atoms with Crippen LogP contribution in [0.1, 0.15) is 18.4 Å². The van der Waals surface area contributed by atoms with E-state index in [1.807, 2.05) is 29.6 Å².